The van der Waals surface area contributed by atoms with Crippen LogP contribution in [-0.2, 0) is 16.0 Å². The number of carbonyl (C=O) groups is 2. The van der Waals surface area contributed by atoms with Crippen molar-refractivity contribution in [1.82, 2.24) is 4.90 Å². The highest BCUT2D eigenvalue weighted by Gasteiger charge is 2.47. The molecule has 0 spiro atoms. The minimum absolute atomic E-state index is 0.0745. The first-order valence-electron chi connectivity index (χ1n) is 8.37. The number of carbonyl (C=O) groups excluding carboxylic acids is 1. The monoisotopic (exact) mass is 395 g/mol. The Balaban J connectivity index is 1.84. The SMILES string of the molecule is COc1ccc(Br)cc1CC(=O)N1C(C(=O)O)CC2CCCCC21. The number of aliphatic carboxylic acids is 1. The zero-order valence-electron chi connectivity index (χ0n) is 13.7. The van der Waals surface area contributed by atoms with Crippen molar-refractivity contribution >= 4 is 27.8 Å². The summed E-state index contributed by atoms with van der Waals surface area (Å²) >= 11 is 3.41. The largest absolute Gasteiger partial charge is 0.496 e. The van der Waals surface area contributed by atoms with Crippen LogP contribution < -0.4 is 4.74 Å². The van der Waals surface area contributed by atoms with E-state index in [2.05, 4.69) is 15.9 Å². The molecule has 24 heavy (non-hydrogen) atoms. The lowest BCUT2D eigenvalue weighted by Crippen LogP contribution is -2.46. The smallest absolute Gasteiger partial charge is 0.326 e. The van der Waals surface area contributed by atoms with Gasteiger partial charge in [-0.3, -0.25) is 4.79 Å². The third kappa shape index (κ3) is 3.29. The van der Waals surface area contributed by atoms with Crippen molar-refractivity contribution in [1.29, 1.82) is 0 Å². The molecular formula is C18H22BrNO4. The number of benzene rings is 1. The van der Waals surface area contributed by atoms with Gasteiger partial charge in [-0.15, -0.1) is 0 Å². The Labute approximate surface area is 150 Å². The average molecular weight is 396 g/mol. The summed E-state index contributed by atoms with van der Waals surface area (Å²) in [5.74, 6) is -0.0295. The quantitative estimate of drug-likeness (QED) is 0.849. The van der Waals surface area contributed by atoms with Crippen LogP contribution in [0.5, 0.6) is 5.75 Å². The molecule has 1 saturated carbocycles. The fraction of sp³-hybridized carbons (Fsp3) is 0.556. The molecule has 3 atom stereocenters. The maximum absolute atomic E-state index is 13.0. The summed E-state index contributed by atoms with van der Waals surface area (Å²) < 4.78 is 6.21. The minimum atomic E-state index is -0.890. The molecule has 1 aromatic rings. The van der Waals surface area contributed by atoms with E-state index in [1.165, 1.54) is 0 Å². The molecule has 1 amide bonds. The molecule has 0 aromatic heterocycles. The number of likely N-dealkylation sites (tertiary alicyclic amines) is 1. The number of rotatable bonds is 4. The Kier molecular flexibility index (Phi) is 5.13. The Morgan fingerprint density at radius 1 is 1.33 bits per heavy atom. The van der Waals surface area contributed by atoms with E-state index in [0.717, 1.165) is 35.7 Å². The highest BCUT2D eigenvalue weighted by Crippen LogP contribution is 2.40. The number of methoxy groups -OCH3 is 1. The lowest BCUT2D eigenvalue weighted by atomic mass is 9.84. The fourth-order valence-electron chi connectivity index (χ4n) is 4.18. The van der Waals surface area contributed by atoms with E-state index < -0.39 is 12.0 Å². The lowest BCUT2D eigenvalue weighted by Gasteiger charge is -2.33. The standard InChI is InChI=1S/C18H22BrNO4/c1-24-16-7-6-13(19)8-12(16)10-17(21)20-14-5-3-2-4-11(14)9-15(20)18(22)23/h6-8,11,14-15H,2-5,9-10H2,1H3,(H,22,23). The molecule has 3 unspecified atom stereocenters. The maximum Gasteiger partial charge on any atom is 0.326 e. The molecule has 2 aliphatic rings. The van der Waals surface area contributed by atoms with Crippen molar-refractivity contribution in [2.24, 2.45) is 5.92 Å². The molecule has 1 aliphatic heterocycles. The number of carboxylic acid groups (broad SMARTS) is 1. The first kappa shape index (κ1) is 17.3. The van der Waals surface area contributed by atoms with Gasteiger partial charge < -0.3 is 14.7 Å². The van der Waals surface area contributed by atoms with Crippen LogP contribution in [0.15, 0.2) is 22.7 Å². The number of nitrogens with zero attached hydrogens (tertiary/aromatic N) is 1. The number of ether oxygens (including phenoxy) is 1. The topological polar surface area (TPSA) is 66.8 Å². The predicted molar refractivity (Wildman–Crippen MR) is 93.0 cm³/mol. The lowest BCUT2D eigenvalue weighted by molar-refractivity contribution is -0.149. The van der Waals surface area contributed by atoms with Crippen LogP contribution in [0.2, 0.25) is 0 Å². The van der Waals surface area contributed by atoms with Crippen LogP contribution >= 0.6 is 15.9 Å². The summed E-state index contributed by atoms with van der Waals surface area (Å²) in [5.41, 5.74) is 0.778. The van der Waals surface area contributed by atoms with E-state index in [1.54, 1.807) is 12.0 Å². The van der Waals surface area contributed by atoms with Crippen LogP contribution in [0.25, 0.3) is 0 Å². The van der Waals surface area contributed by atoms with Crippen molar-refractivity contribution in [3.05, 3.63) is 28.2 Å². The number of carboxylic acids is 1. The molecule has 2 fully saturated rings. The highest BCUT2D eigenvalue weighted by atomic mass is 79.9. The molecule has 1 aromatic carbocycles. The van der Waals surface area contributed by atoms with E-state index in [-0.39, 0.29) is 18.4 Å². The Bertz CT molecular complexity index is 648. The van der Waals surface area contributed by atoms with Gasteiger partial charge in [0.15, 0.2) is 0 Å². The molecule has 0 radical (unpaired) electrons. The number of fused-ring (bicyclic) bond motifs is 1. The van der Waals surface area contributed by atoms with E-state index >= 15 is 0 Å². The van der Waals surface area contributed by atoms with Gasteiger partial charge >= 0.3 is 5.97 Å². The number of hydrogen-bond donors (Lipinski definition) is 1. The molecule has 1 N–H and O–H groups in total. The van der Waals surface area contributed by atoms with Crippen molar-refractivity contribution in [2.75, 3.05) is 7.11 Å². The van der Waals surface area contributed by atoms with Crippen LogP contribution in [0.4, 0.5) is 0 Å². The Morgan fingerprint density at radius 3 is 2.79 bits per heavy atom. The fourth-order valence-corrected chi connectivity index (χ4v) is 4.59. The predicted octanol–water partition coefficient (Wildman–Crippen LogP) is 3.24. The second kappa shape index (κ2) is 7.13. The molecule has 6 heteroatoms. The molecule has 0 bridgehead atoms. The molecule has 3 rings (SSSR count). The third-order valence-corrected chi connectivity index (χ3v) is 5.74. The van der Waals surface area contributed by atoms with Gasteiger partial charge in [-0.2, -0.15) is 0 Å². The molecule has 5 nitrogen and oxygen atoms in total. The third-order valence-electron chi connectivity index (χ3n) is 5.25. The summed E-state index contributed by atoms with van der Waals surface area (Å²) in [6.07, 6.45) is 4.89. The van der Waals surface area contributed by atoms with Crippen molar-refractivity contribution < 1.29 is 19.4 Å². The first-order valence-corrected chi connectivity index (χ1v) is 9.17. The number of halogens is 1. The highest BCUT2D eigenvalue weighted by molar-refractivity contribution is 9.10. The van der Waals surface area contributed by atoms with Crippen LogP contribution in [0, 0.1) is 5.92 Å². The van der Waals surface area contributed by atoms with E-state index in [9.17, 15) is 14.7 Å². The van der Waals surface area contributed by atoms with Gasteiger partial charge in [-0.25, -0.2) is 4.79 Å². The van der Waals surface area contributed by atoms with E-state index in [1.807, 2.05) is 18.2 Å². The second-order valence-electron chi connectivity index (χ2n) is 6.64. The molecular weight excluding hydrogens is 374 g/mol. The van der Waals surface area contributed by atoms with Crippen molar-refractivity contribution in [2.45, 2.75) is 50.6 Å². The zero-order chi connectivity index (χ0) is 17.3. The van der Waals surface area contributed by atoms with Crippen molar-refractivity contribution in [3.63, 3.8) is 0 Å². The number of hydrogen-bond acceptors (Lipinski definition) is 3. The molecule has 1 saturated heterocycles. The summed E-state index contributed by atoms with van der Waals surface area (Å²) in [5, 5.41) is 9.56. The molecule has 1 aliphatic carbocycles. The second-order valence-corrected chi connectivity index (χ2v) is 7.55. The Hall–Kier alpha value is -1.56. The van der Waals surface area contributed by atoms with E-state index in [0.29, 0.717) is 18.1 Å². The summed E-state index contributed by atoms with van der Waals surface area (Å²) in [6.45, 7) is 0. The first-order chi connectivity index (χ1) is 11.5. The van der Waals surface area contributed by atoms with Gasteiger partial charge in [0.25, 0.3) is 0 Å². The normalized spacial score (nSPS) is 26.1. The van der Waals surface area contributed by atoms with Gasteiger partial charge in [0, 0.05) is 16.1 Å². The number of amides is 1. The summed E-state index contributed by atoms with van der Waals surface area (Å²) in [7, 11) is 1.57. The Morgan fingerprint density at radius 2 is 2.08 bits per heavy atom. The molecule has 130 valence electrons. The summed E-state index contributed by atoms with van der Waals surface area (Å²) in [6, 6.07) is 4.92. The average Bonchev–Trinajstić information content (AvgIpc) is 2.95. The zero-order valence-corrected chi connectivity index (χ0v) is 15.3. The van der Waals surface area contributed by atoms with Gasteiger partial charge in [-0.1, -0.05) is 28.8 Å². The van der Waals surface area contributed by atoms with E-state index in [4.69, 9.17) is 4.74 Å². The molecule has 1 heterocycles. The maximum atomic E-state index is 13.0. The minimum Gasteiger partial charge on any atom is -0.496 e. The summed E-state index contributed by atoms with van der Waals surface area (Å²) in [4.78, 5) is 26.3. The van der Waals surface area contributed by atoms with Gasteiger partial charge in [0.1, 0.15) is 11.8 Å². The van der Waals surface area contributed by atoms with Crippen LogP contribution in [0.1, 0.15) is 37.7 Å². The van der Waals surface area contributed by atoms with Crippen LogP contribution in [-0.4, -0.2) is 41.1 Å². The van der Waals surface area contributed by atoms with Crippen LogP contribution in [0.3, 0.4) is 0 Å². The van der Waals surface area contributed by atoms with Gasteiger partial charge in [0.2, 0.25) is 5.91 Å². The van der Waals surface area contributed by atoms with Gasteiger partial charge in [0.05, 0.1) is 13.5 Å². The van der Waals surface area contributed by atoms with Gasteiger partial charge in [-0.05, 0) is 43.4 Å². The van der Waals surface area contributed by atoms with Crippen molar-refractivity contribution in [3.8, 4) is 5.75 Å².